The average Bonchev–Trinajstić information content (AvgIpc) is 3.14. The van der Waals surface area contributed by atoms with Crippen LogP contribution in [0.4, 0.5) is 0 Å². The molecule has 23 heavy (non-hydrogen) atoms. The highest BCUT2D eigenvalue weighted by atomic mass is 16.4. The van der Waals surface area contributed by atoms with Crippen LogP contribution in [0.3, 0.4) is 0 Å². The van der Waals surface area contributed by atoms with Crippen LogP contribution in [-0.4, -0.2) is 44.3 Å². The van der Waals surface area contributed by atoms with E-state index >= 15 is 0 Å². The highest BCUT2D eigenvalue weighted by Gasteiger charge is 2.32. The summed E-state index contributed by atoms with van der Waals surface area (Å²) in [5.41, 5.74) is 2.07. The number of rotatable bonds is 4. The summed E-state index contributed by atoms with van der Waals surface area (Å²) in [5, 5.41) is 13.4. The zero-order valence-corrected chi connectivity index (χ0v) is 13.0. The second-order valence-electron chi connectivity index (χ2n) is 5.80. The Labute approximate surface area is 134 Å². The Hall–Kier alpha value is -2.63. The smallest absolute Gasteiger partial charge is 0.305 e. The zero-order chi connectivity index (χ0) is 16.4. The van der Waals surface area contributed by atoms with Crippen LogP contribution in [0.15, 0.2) is 36.5 Å². The van der Waals surface area contributed by atoms with Crippen molar-refractivity contribution in [2.75, 3.05) is 6.54 Å². The average molecular weight is 313 g/mol. The lowest BCUT2D eigenvalue weighted by Gasteiger charge is -2.23. The van der Waals surface area contributed by atoms with Crippen molar-refractivity contribution in [2.24, 2.45) is 0 Å². The van der Waals surface area contributed by atoms with Crippen LogP contribution in [0.2, 0.25) is 0 Å². The van der Waals surface area contributed by atoms with Gasteiger partial charge >= 0.3 is 5.97 Å². The first-order valence-corrected chi connectivity index (χ1v) is 7.70. The Morgan fingerprint density at radius 3 is 2.74 bits per heavy atom. The maximum absolute atomic E-state index is 12.8. The molecule has 2 aromatic rings. The molecule has 1 aromatic carbocycles. The number of aromatic nitrogens is 2. The molecule has 3 rings (SSSR count). The normalized spacial score (nSPS) is 17.4. The first-order valence-electron chi connectivity index (χ1n) is 7.70. The molecule has 1 fully saturated rings. The Balaban J connectivity index is 1.85. The van der Waals surface area contributed by atoms with Crippen LogP contribution in [-0.2, 0) is 4.79 Å². The van der Waals surface area contributed by atoms with E-state index in [-0.39, 0.29) is 18.4 Å². The molecule has 1 saturated heterocycles. The quantitative estimate of drug-likeness (QED) is 0.939. The minimum absolute atomic E-state index is 0.00237. The molecule has 1 amide bonds. The van der Waals surface area contributed by atoms with Gasteiger partial charge < -0.3 is 10.0 Å². The van der Waals surface area contributed by atoms with E-state index < -0.39 is 5.97 Å². The predicted octanol–water partition coefficient (Wildman–Crippen LogP) is 2.26. The van der Waals surface area contributed by atoms with Gasteiger partial charge in [-0.3, -0.25) is 9.59 Å². The molecule has 1 aliphatic rings. The van der Waals surface area contributed by atoms with Crippen molar-refractivity contribution in [1.82, 2.24) is 14.7 Å². The molecular weight excluding hydrogens is 294 g/mol. The highest BCUT2D eigenvalue weighted by Crippen LogP contribution is 2.24. The number of hydrogen-bond donors (Lipinski definition) is 1. The van der Waals surface area contributed by atoms with Crippen molar-refractivity contribution < 1.29 is 14.7 Å². The fraction of sp³-hybridized carbons (Fsp3) is 0.353. The molecule has 1 unspecified atom stereocenters. The molecule has 6 nitrogen and oxygen atoms in total. The number of amides is 1. The van der Waals surface area contributed by atoms with Crippen LogP contribution >= 0.6 is 0 Å². The van der Waals surface area contributed by atoms with E-state index in [0.717, 1.165) is 18.5 Å². The third-order valence-electron chi connectivity index (χ3n) is 4.20. The largest absolute Gasteiger partial charge is 0.481 e. The minimum atomic E-state index is -0.869. The maximum atomic E-state index is 12.8. The number of carbonyl (C=O) groups excluding carboxylic acids is 1. The van der Waals surface area contributed by atoms with Crippen molar-refractivity contribution in [1.29, 1.82) is 0 Å². The van der Waals surface area contributed by atoms with Gasteiger partial charge in [-0.2, -0.15) is 5.10 Å². The molecule has 6 heteroatoms. The maximum Gasteiger partial charge on any atom is 0.305 e. The van der Waals surface area contributed by atoms with Crippen LogP contribution in [0.25, 0.3) is 5.69 Å². The van der Waals surface area contributed by atoms with E-state index in [9.17, 15) is 9.59 Å². The summed E-state index contributed by atoms with van der Waals surface area (Å²) < 4.78 is 1.69. The van der Waals surface area contributed by atoms with E-state index in [4.69, 9.17) is 5.11 Å². The molecule has 1 atom stereocenters. The third kappa shape index (κ3) is 3.11. The highest BCUT2D eigenvalue weighted by molar-refractivity contribution is 5.95. The van der Waals surface area contributed by atoms with E-state index in [0.29, 0.717) is 17.8 Å². The Morgan fingerprint density at radius 1 is 1.30 bits per heavy atom. The molecule has 1 aromatic heterocycles. The molecule has 120 valence electrons. The number of aryl methyl sites for hydroxylation is 1. The summed E-state index contributed by atoms with van der Waals surface area (Å²) >= 11 is 0. The van der Waals surface area contributed by atoms with Gasteiger partial charge in [0.15, 0.2) is 0 Å². The summed E-state index contributed by atoms with van der Waals surface area (Å²) in [6.45, 7) is 2.40. The number of carboxylic acids is 1. The van der Waals surface area contributed by atoms with E-state index in [1.165, 1.54) is 0 Å². The van der Waals surface area contributed by atoms with Crippen molar-refractivity contribution in [3.8, 4) is 5.69 Å². The number of carbonyl (C=O) groups is 2. The van der Waals surface area contributed by atoms with Crippen molar-refractivity contribution in [3.63, 3.8) is 0 Å². The Kier molecular flexibility index (Phi) is 4.14. The molecule has 2 heterocycles. The molecular formula is C17H19N3O3. The Morgan fingerprint density at radius 2 is 2.04 bits per heavy atom. The van der Waals surface area contributed by atoms with E-state index in [1.54, 1.807) is 22.7 Å². The standard InChI is InChI=1S/C17H19N3O3/c1-12-15(11-20(18-12)13-6-3-2-4-7-13)17(23)19-9-5-8-14(19)10-16(21)22/h2-4,6-7,11,14H,5,8-10H2,1H3,(H,21,22). The van der Waals surface area contributed by atoms with Gasteiger partial charge in [0.1, 0.15) is 0 Å². The van der Waals surface area contributed by atoms with Crippen molar-refractivity contribution in [2.45, 2.75) is 32.2 Å². The van der Waals surface area contributed by atoms with Crippen molar-refractivity contribution in [3.05, 3.63) is 47.8 Å². The number of aliphatic carboxylic acids is 1. The molecule has 0 bridgehead atoms. The molecule has 0 radical (unpaired) electrons. The van der Waals surface area contributed by atoms with Crippen LogP contribution in [0.5, 0.6) is 0 Å². The summed E-state index contributed by atoms with van der Waals surface area (Å²) in [6, 6.07) is 9.37. The Bertz CT molecular complexity index is 724. The van der Waals surface area contributed by atoms with Gasteiger partial charge in [-0.15, -0.1) is 0 Å². The third-order valence-corrected chi connectivity index (χ3v) is 4.20. The zero-order valence-electron chi connectivity index (χ0n) is 13.0. The van der Waals surface area contributed by atoms with Gasteiger partial charge in [-0.25, -0.2) is 4.68 Å². The van der Waals surface area contributed by atoms with Gasteiger partial charge in [-0.1, -0.05) is 18.2 Å². The lowest BCUT2D eigenvalue weighted by molar-refractivity contribution is -0.137. The number of hydrogen-bond acceptors (Lipinski definition) is 3. The first kappa shape index (κ1) is 15.3. The number of likely N-dealkylation sites (tertiary alicyclic amines) is 1. The number of para-hydroxylation sites is 1. The van der Waals surface area contributed by atoms with Gasteiger partial charge in [0.25, 0.3) is 5.91 Å². The van der Waals surface area contributed by atoms with Gasteiger partial charge in [0, 0.05) is 18.8 Å². The van der Waals surface area contributed by atoms with Gasteiger partial charge in [0.05, 0.1) is 23.4 Å². The molecule has 1 aliphatic heterocycles. The SMILES string of the molecule is Cc1nn(-c2ccccc2)cc1C(=O)N1CCCC1CC(=O)O. The van der Waals surface area contributed by atoms with Crippen LogP contribution in [0, 0.1) is 6.92 Å². The lowest BCUT2D eigenvalue weighted by atomic mass is 10.1. The minimum Gasteiger partial charge on any atom is -0.481 e. The van der Waals surface area contributed by atoms with E-state index in [1.807, 2.05) is 30.3 Å². The fourth-order valence-corrected chi connectivity index (χ4v) is 3.05. The summed E-state index contributed by atoms with van der Waals surface area (Å²) in [5.74, 6) is -1.00. The topological polar surface area (TPSA) is 75.4 Å². The molecule has 1 N–H and O–H groups in total. The molecule has 0 aliphatic carbocycles. The van der Waals surface area contributed by atoms with Crippen LogP contribution in [0.1, 0.15) is 35.3 Å². The van der Waals surface area contributed by atoms with Gasteiger partial charge in [-0.05, 0) is 31.9 Å². The summed E-state index contributed by atoms with van der Waals surface area (Å²) in [6.07, 6.45) is 3.31. The first-order chi connectivity index (χ1) is 11.1. The monoisotopic (exact) mass is 313 g/mol. The van der Waals surface area contributed by atoms with Gasteiger partial charge in [0.2, 0.25) is 0 Å². The molecule has 0 spiro atoms. The van der Waals surface area contributed by atoms with Crippen molar-refractivity contribution >= 4 is 11.9 Å². The lowest BCUT2D eigenvalue weighted by Crippen LogP contribution is -2.37. The number of nitrogens with zero attached hydrogens (tertiary/aromatic N) is 3. The molecule has 0 saturated carbocycles. The number of carboxylic acid groups (broad SMARTS) is 1. The van der Waals surface area contributed by atoms with Crippen LogP contribution < -0.4 is 0 Å². The number of benzene rings is 1. The van der Waals surface area contributed by atoms with E-state index in [2.05, 4.69) is 5.10 Å². The fourth-order valence-electron chi connectivity index (χ4n) is 3.05. The predicted molar refractivity (Wildman–Crippen MR) is 84.6 cm³/mol. The summed E-state index contributed by atoms with van der Waals surface area (Å²) in [4.78, 5) is 25.4. The second kappa shape index (κ2) is 6.24. The second-order valence-corrected chi connectivity index (χ2v) is 5.80. The summed E-state index contributed by atoms with van der Waals surface area (Å²) in [7, 11) is 0.